The van der Waals surface area contributed by atoms with E-state index in [1.54, 1.807) is 21.1 Å². The van der Waals surface area contributed by atoms with E-state index in [9.17, 15) is 4.79 Å². The van der Waals surface area contributed by atoms with Gasteiger partial charge in [0.2, 0.25) is 0 Å². The summed E-state index contributed by atoms with van der Waals surface area (Å²) in [4.78, 5) is 12.6. The molecule has 1 N–H and O–H groups in total. The van der Waals surface area contributed by atoms with Gasteiger partial charge in [0, 0.05) is 40.5 Å². The molecule has 3 saturated carbocycles. The summed E-state index contributed by atoms with van der Waals surface area (Å²) in [6, 6.07) is 0. The smallest absolute Gasteiger partial charge is 0.129 e. The van der Waals surface area contributed by atoms with Crippen LogP contribution >= 0.6 is 0 Å². The second-order valence-electron chi connectivity index (χ2n) is 41.4. The normalized spacial score (nSPS) is 16.2. The maximum atomic E-state index is 10.3. The lowest BCUT2D eigenvalue weighted by molar-refractivity contribution is -0.117. The fourth-order valence-corrected chi connectivity index (χ4v) is 12.7. The fraction of sp³-hybridized carbons (Fsp3) is 0.951. The molecule has 0 bridgehead atoms. The Balaban J connectivity index is -0.000000105. The highest BCUT2D eigenvalue weighted by Crippen LogP contribution is 2.34. The van der Waals surface area contributed by atoms with E-state index in [0.29, 0.717) is 23.7 Å². The van der Waals surface area contributed by atoms with Gasteiger partial charge in [0.25, 0.3) is 0 Å². The second-order valence-corrected chi connectivity index (χ2v) is 41.4. The lowest BCUT2D eigenvalue weighted by atomic mass is 9.78. The van der Waals surface area contributed by atoms with E-state index < -0.39 is 0 Å². The van der Waals surface area contributed by atoms with Crippen molar-refractivity contribution in [3.05, 3.63) is 24.8 Å². The van der Waals surface area contributed by atoms with Crippen LogP contribution in [0.2, 0.25) is 0 Å². The third kappa shape index (κ3) is 154. The highest BCUT2D eigenvalue weighted by molar-refractivity contribution is 5.75. The first-order valence-corrected chi connectivity index (χ1v) is 46.6. The van der Waals surface area contributed by atoms with Crippen molar-refractivity contribution in [3.63, 3.8) is 0 Å². The van der Waals surface area contributed by atoms with Gasteiger partial charge in [0.05, 0.1) is 0 Å². The number of allylic oxidation sites excluding steroid dienone is 2. The summed E-state index contributed by atoms with van der Waals surface area (Å²) in [5.74, 6) is 18.9. The van der Waals surface area contributed by atoms with E-state index in [0.717, 1.165) is 164 Å². The monoisotopic (exact) mass is 1540 g/mol. The summed E-state index contributed by atoms with van der Waals surface area (Å²) >= 11 is 0. The van der Waals surface area contributed by atoms with Crippen LogP contribution < -0.4 is 0 Å². The number of carbonyl (C=O) groups excluding carboxylic acids is 1. The Morgan fingerprint density at radius 3 is 0.880 bits per heavy atom. The summed E-state index contributed by atoms with van der Waals surface area (Å²) in [7, 11) is 7.72. The second kappa shape index (κ2) is 93.2. The van der Waals surface area contributed by atoms with Crippen LogP contribution in [0.5, 0.6) is 0 Å². The number of hydrogen-bond acceptors (Lipinski definition) is 5. The molecule has 108 heavy (non-hydrogen) atoms. The number of hydrogen-bond donors (Lipinski definition) is 1. The number of aliphatic hydroxyl groups excluding tert-OH is 1. The van der Waals surface area contributed by atoms with Crippen molar-refractivity contribution in [3.8, 4) is 0 Å². The number of rotatable bonds is 30. The van der Waals surface area contributed by atoms with Gasteiger partial charge < -0.3 is 24.3 Å². The average Bonchev–Trinajstić information content (AvgIpc) is 0.924. The van der Waals surface area contributed by atoms with Crippen LogP contribution in [0.4, 0.5) is 0 Å². The van der Waals surface area contributed by atoms with E-state index >= 15 is 0 Å². The van der Waals surface area contributed by atoms with Crippen molar-refractivity contribution >= 4 is 5.78 Å². The fourth-order valence-electron chi connectivity index (χ4n) is 12.7. The van der Waals surface area contributed by atoms with Gasteiger partial charge in [-0.25, -0.2) is 0 Å². The number of carbonyl (C=O) groups is 1. The minimum atomic E-state index is 0.304. The molecule has 0 radical (unpaired) electrons. The van der Waals surface area contributed by atoms with E-state index in [2.05, 4.69) is 302 Å². The molecule has 0 unspecified atom stereocenters. The Kier molecular flexibility index (Phi) is 113. The van der Waals surface area contributed by atoms with E-state index in [1.807, 2.05) is 6.08 Å². The van der Waals surface area contributed by atoms with Gasteiger partial charge in [-0.3, -0.25) is 0 Å². The highest BCUT2D eigenvalue weighted by atomic mass is 16.5. The summed E-state index contributed by atoms with van der Waals surface area (Å²) in [6.45, 7) is 101. The van der Waals surface area contributed by atoms with Gasteiger partial charge in [0.15, 0.2) is 0 Å². The number of nitrogens with zero attached hydrogens (tertiary/aromatic N) is 1. The molecule has 3 rings (SSSR count). The number of ketones is 1. The molecule has 0 atom stereocenters. The first kappa shape index (κ1) is 130. The first-order chi connectivity index (χ1) is 49.6. The standard InChI is InChI=1S/2C10H20.C10H18.C8H18.C7H17N.C7H16O.C7H14O.2C7H16.2C6H14O.2C6H14.C6H12/c3*1-8(2)10-6-4-9(3)5-7-10;1-7(2)6-8(3,4)5;1-7(2)5-6-8(3)4;1-7(2)5-4-6-8-3;1-6(2)4-5-7(3)8;2*1-6(2)5-7(3)4;1-6(2)4-5-7-3;1-6(2)4-3-5-7;3*1-4-5-6(2)3/h2*8-10H,4-7H2,1-3H3;8,10H,3-7H2,1-2H3;7H,6H2,1-5H3;7H,5-6H2,1-4H3;7H,4-6H2,1-3H3;6H,4-5H2,1-3H3;2*6-7H,5H2,1-4H3;6H,4-5H2,1-3H3;6-7H,3-5H2,1-2H3;2*6H,4-5H2,1-3H3;4,6H,1,5H2,2-3H3. The Hall–Kier alpha value is -1.01. The van der Waals surface area contributed by atoms with Gasteiger partial charge in [-0.1, -0.05) is 340 Å². The maximum absolute atomic E-state index is 10.3. The van der Waals surface area contributed by atoms with E-state index in [4.69, 9.17) is 14.6 Å². The SMILES string of the molecule is C=C1CCC(C(C)C)CC1.C=CCC(C)C.CC(=O)CCC(C)C.CC(C)CC(C)(C)C.CC(C)CC(C)C.CC(C)CC(C)C.CC(C)CCCO.CC(C)CCN(C)C.CC1CCC(C(C)C)CC1.CC1CCC(C(C)C)CC1.CCCC(C)C.CCCC(C)C.COCCC(C)C.COCCCC(C)C. The number of ether oxygens (including phenoxy) is 2. The van der Waals surface area contributed by atoms with Gasteiger partial charge in [-0.2, -0.15) is 0 Å². The quantitative estimate of drug-likeness (QED) is 0.0574. The van der Waals surface area contributed by atoms with Crippen LogP contribution in [-0.4, -0.2) is 70.5 Å². The average molecular weight is 1540 g/mol. The van der Waals surface area contributed by atoms with Crippen molar-refractivity contribution < 1.29 is 19.4 Å². The molecule has 0 aliphatic heterocycles. The molecule has 0 aromatic rings. The highest BCUT2D eigenvalue weighted by Gasteiger charge is 2.22. The van der Waals surface area contributed by atoms with E-state index in [1.165, 1.54) is 160 Å². The van der Waals surface area contributed by atoms with Gasteiger partial charge in [-0.05, 0) is 279 Å². The first-order valence-electron chi connectivity index (χ1n) is 46.6. The molecule has 3 aliphatic rings. The molecule has 0 aromatic heterocycles. The van der Waals surface area contributed by atoms with Gasteiger partial charge >= 0.3 is 0 Å². The Bertz CT molecular complexity index is 1550. The third-order valence-electron chi connectivity index (χ3n) is 19.2. The molecule has 0 heterocycles. The molecule has 0 saturated heterocycles. The molecular formula is C103H223NO4. The molecule has 664 valence electrons. The van der Waals surface area contributed by atoms with Crippen LogP contribution in [0.25, 0.3) is 0 Å². The predicted molar refractivity (Wildman–Crippen MR) is 506 cm³/mol. The molecule has 0 spiro atoms. The van der Waals surface area contributed by atoms with Crippen molar-refractivity contribution in [1.29, 1.82) is 0 Å². The lowest BCUT2D eigenvalue weighted by Crippen LogP contribution is -2.16. The van der Waals surface area contributed by atoms with Crippen LogP contribution in [0.3, 0.4) is 0 Å². The minimum absolute atomic E-state index is 0.304. The molecule has 3 aliphatic carbocycles. The molecule has 5 nitrogen and oxygen atoms in total. The largest absolute Gasteiger partial charge is 0.396 e. The zero-order valence-corrected chi connectivity index (χ0v) is 84.4. The van der Waals surface area contributed by atoms with Crippen LogP contribution in [0, 0.1) is 130 Å². The predicted octanol–water partition coefficient (Wildman–Crippen LogP) is 34.7. The van der Waals surface area contributed by atoms with Crippen molar-refractivity contribution in [2.75, 3.05) is 54.7 Å². The summed E-state index contributed by atoms with van der Waals surface area (Å²) in [5, 5.41) is 8.32. The summed E-state index contributed by atoms with van der Waals surface area (Å²) < 4.78 is 9.74. The maximum Gasteiger partial charge on any atom is 0.129 e. The van der Waals surface area contributed by atoms with E-state index in [-0.39, 0.29) is 0 Å². The third-order valence-corrected chi connectivity index (χ3v) is 19.2. The lowest BCUT2D eigenvalue weighted by Gasteiger charge is -2.28. The molecule has 0 aromatic carbocycles. The van der Waals surface area contributed by atoms with Gasteiger partial charge in [0.1, 0.15) is 5.78 Å². The molecule has 5 heteroatoms. The Morgan fingerprint density at radius 2 is 0.741 bits per heavy atom. The topological polar surface area (TPSA) is 59.0 Å². The Labute approximate surface area is 692 Å². The summed E-state index contributed by atoms with van der Waals surface area (Å²) in [6.07, 6.45) is 38.6. The number of aliphatic hydroxyl groups is 1. The zero-order chi connectivity index (χ0) is 87.1. The molecule has 3 fully saturated rings. The Morgan fingerprint density at radius 1 is 0.435 bits per heavy atom. The minimum Gasteiger partial charge on any atom is -0.396 e. The molecule has 0 amide bonds. The molecular weight excluding hydrogens is 1320 g/mol. The van der Waals surface area contributed by atoms with Crippen LogP contribution in [-0.2, 0) is 14.3 Å². The van der Waals surface area contributed by atoms with Gasteiger partial charge in [-0.15, -0.1) is 6.58 Å². The summed E-state index contributed by atoms with van der Waals surface area (Å²) in [5.41, 5.74) is 1.99. The van der Waals surface area contributed by atoms with Crippen LogP contribution in [0.1, 0.15) is 457 Å². The number of Topliss-reactive ketones (excluding diaryl/α,β-unsaturated/α-hetero) is 1. The number of methoxy groups -OCH3 is 2. The van der Waals surface area contributed by atoms with Crippen molar-refractivity contribution in [1.82, 2.24) is 4.90 Å². The van der Waals surface area contributed by atoms with Crippen molar-refractivity contribution in [2.45, 2.75) is 457 Å². The van der Waals surface area contributed by atoms with Crippen molar-refractivity contribution in [2.24, 2.45) is 130 Å². The zero-order valence-electron chi connectivity index (χ0n) is 84.4. The van der Waals surface area contributed by atoms with Crippen LogP contribution in [0.15, 0.2) is 24.8 Å².